The number of aldehydes is 1. The number of fused-ring (bicyclic) bond motifs is 1. The number of rotatable bonds is 7. The summed E-state index contributed by atoms with van der Waals surface area (Å²) in [6.07, 6.45) is 1.72. The highest BCUT2D eigenvalue weighted by Gasteiger charge is 2.38. The predicted octanol–water partition coefficient (Wildman–Crippen LogP) is 3.82. The minimum atomic E-state index is -0.435. The largest absolute Gasteiger partial charge is 0.493 e. The molecule has 0 radical (unpaired) electrons. The summed E-state index contributed by atoms with van der Waals surface area (Å²) in [5.41, 5.74) is 2.99. The first-order chi connectivity index (χ1) is 14.1. The minimum absolute atomic E-state index is 0.283. The molecule has 0 fully saturated rings. The highest BCUT2D eigenvalue weighted by atomic mass is 16.6. The molecule has 1 aliphatic rings. The lowest BCUT2D eigenvalue weighted by atomic mass is 9.82. The van der Waals surface area contributed by atoms with Gasteiger partial charge in [-0.25, -0.2) is 4.79 Å². The van der Waals surface area contributed by atoms with E-state index in [-0.39, 0.29) is 6.61 Å². The number of amides is 1. The molecule has 1 heterocycles. The van der Waals surface area contributed by atoms with Crippen molar-refractivity contribution in [3.05, 3.63) is 59.2 Å². The number of nitrogens with zero attached hydrogens (tertiary/aromatic N) is 1. The molecule has 0 N–H and O–H groups in total. The van der Waals surface area contributed by atoms with Gasteiger partial charge >= 0.3 is 6.09 Å². The Kier molecular flexibility index (Phi) is 6.75. The van der Waals surface area contributed by atoms with Gasteiger partial charge in [-0.1, -0.05) is 30.3 Å². The van der Waals surface area contributed by atoms with Crippen LogP contribution in [-0.2, 0) is 22.4 Å². The van der Waals surface area contributed by atoms with E-state index in [1.54, 1.807) is 26.0 Å². The number of hydrogen-bond donors (Lipinski definition) is 0. The summed E-state index contributed by atoms with van der Waals surface area (Å²) in [5, 5.41) is 0. The van der Waals surface area contributed by atoms with E-state index in [9.17, 15) is 9.59 Å². The van der Waals surface area contributed by atoms with E-state index >= 15 is 0 Å². The van der Waals surface area contributed by atoms with E-state index in [1.807, 2.05) is 42.5 Å². The fourth-order valence-electron chi connectivity index (χ4n) is 3.97. The number of benzene rings is 2. The Bertz CT molecular complexity index is 852. The number of ether oxygens (including phenoxy) is 3. The molecule has 3 rings (SSSR count). The highest BCUT2D eigenvalue weighted by molar-refractivity contribution is 5.71. The van der Waals surface area contributed by atoms with Crippen LogP contribution in [-0.4, -0.2) is 44.7 Å². The molecule has 0 spiro atoms. The van der Waals surface area contributed by atoms with Gasteiger partial charge in [0.15, 0.2) is 11.5 Å². The van der Waals surface area contributed by atoms with Crippen molar-refractivity contribution in [1.82, 2.24) is 4.90 Å². The topological polar surface area (TPSA) is 65.1 Å². The van der Waals surface area contributed by atoms with Crippen LogP contribution < -0.4 is 9.47 Å². The molecule has 0 aliphatic carbocycles. The van der Waals surface area contributed by atoms with Gasteiger partial charge in [0.05, 0.1) is 26.9 Å². The molecular formula is C23H27NO5. The van der Waals surface area contributed by atoms with Crippen molar-refractivity contribution in [1.29, 1.82) is 0 Å². The number of carbonyl (C=O) groups is 2. The molecule has 154 valence electrons. The number of methoxy groups -OCH3 is 2. The van der Waals surface area contributed by atoms with Gasteiger partial charge in [0.25, 0.3) is 0 Å². The SMILES string of the molecule is CCOC(=O)N1CCc2cc(OC)c(OC)cc2C1C(C=O)Cc1ccccc1. The first-order valence-electron chi connectivity index (χ1n) is 9.80. The molecule has 29 heavy (non-hydrogen) atoms. The second kappa shape index (κ2) is 9.45. The molecule has 2 atom stereocenters. The van der Waals surface area contributed by atoms with Gasteiger partial charge in [-0.3, -0.25) is 0 Å². The maximum atomic E-state index is 12.7. The quantitative estimate of drug-likeness (QED) is 0.665. The summed E-state index contributed by atoms with van der Waals surface area (Å²) < 4.78 is 16.2. The number of hydrogen-bond acceptors (Lipinski definition) is 5. The summed E-state index contributed by atoms with van der Waals surface area (Å²) in [4.78, 5) is 26.6. The lowest BCUT2D eigenvalue weighted by Crippen LogP contribution is -2.44. The zero-order chi connectivity index (χ0) is 20.8. The van der Waals surface area contributed by atoms with Gasteiger partial charge in [-0.2, -0.15) is 0 Å². The third-order valence-corrected chi connectivity index (χ3v) is 5.32. The Morgan fingerprint density at radius 2 is 1.86 bits per heavy atom. The lowest BCUT2D eigenvalue weighted by Gasteiger charge is -2.39. The van der Waals surface area contributed by atoms with E-state index in [4.69, 9.17) is 14.2 Å². The van der Waals surface area contributed by atoms with Crippen LogP contribution in [0.1, 0.15) is 29.7 Å². The van der Waals surface area contributed by atoms with E-state index in [0.29, 0.717) is 30.9 Å². The van der Waals surface area contributed by atoms with Gasteiger partial charge in [-0.15, -0.1) is 0 Å². The van der Waals surface area contributed by atoms with Crippen LogP contribution in [0.4, 0.5) is 4.79 Å². The monoisotopic (exact) mass is 397 g/mol. The van der Waals surface area contributed by atoms with Crippen molar-refractivity contribution in [2.75, 3.05) is 27.4 Å². The zero-order valence-corrected chi connectivity index (χ0v) is 17.1. The Morgan fingerprint density at radius 1 is 1.17 bits per heavy atom. The maximum absolute atomic E-state index is 12.7. The lowest BCUT2D eigenvalue weighted by molar-refractivity contribution is -0.113. The molecule has 6 heteroatoms. The third kappa shape index (κ3) is 4.36. The first-order valence-corrected chi connectivity index (χ1v) is 9.80. The van der Waals surface area contributed by atoms with Crippen molar-refractivity contribution in [3.8, 4) is 11.5 Å². The average molecular weight is 397 g/mol. The standard InChI is InChI=1S/C23H27NO5/c1-4-29-23(26)24-11-10-17-13-20(27-2)21(28-3)14-19(17)22(24)18(15-25)12-16-8-6-5-7-9-16/h5-9,13-15,18,22H,4,10-12H2,1-3H3. The molecule has 0 bridgehead atoms. The van der Waals surface area contributed by atoms with Crippen molar-refractivity contribution in [2.45, 2.75) is 25.8 Å². The molecule has 2 aromatic carbocycles. The minimum Gasteiger partial charge on any atom is -0.493 e. The zero-order valence-electron chi connectivity index (χ0n) is 17.1. The van der Waals surface area contributed by atoms with E-state index < -0.39 is 18.1 Å². The van der Waals surface area contributed by atoms with Crippen molar-refractivity contribution in [3.63, 3.8) is 0 Å². The summed E-state index contributed by atoms with van der Waals surface area (Å²) in [6.45, 7) is 2.54. The molecule has 1 amide bonds. The van der Waals surface area contributed by atoms with Crippen molar-refractivity contribution >= 4 is 12.4 Å². The molecule has 0 aromatic heterocycles. The summed E-state index contributed by atoms with van der Waals surface area (Å²) >= 11 is 0. The van der Waals surface area contributed by atoms with Gasteiger partial charge in [-0.05, 0) is 48.6 Å². The molecule has 0 saturated heterocycles. The van der Waals surface area contributed by atoms with Gasteiger partial charge in [0.1, 0.15) is 6.29 Å². The number of carbonyl (C=O) groups excluding carboxylic acids is 2. The molecule has 2 unspecified atom stereocenters. The van der Waals surface area contributed by atoms with Crippen LogP contribution in [0, 0.1) is 5.92 Å². The summed E-state index contributed by atoms with van der Waals surface area (Å²) in [6, 6.07) is 13.2. The normalized spacial score (nSPS) is 16.5. The molecule has 6 nitrogen and oxygen atoms in total. The molecular weight excluding hydrogens is 370 g/mol. The van der Waals surface area contributed by atoms with Crippen LogP contribution in [0.15, 0.2) is 42.5 Å². The fourth-order valence-corrected chi connectivity index (χ4v) is 3.97. The first kappa shape index (κ1) is 20.7. The van der Waals surface area contributed by atoms with Crippen LogP contribution >= 0.6 is 0 Å². The maximum Gasteiger partial charge on any atom is 0.410 e. The van der Waals surface area contributed by atoms with E-state index in [0.717, 1.165) is 23.0 Å². The summed E-state index contributed by atoms with van der Waals surface area (Å²) in [7, 11) is 3.17. The predicted molar refractivity (Wildman–Crippen MR) is 109 cm³/mol. The fraction of sp³-hybridized carbons (Fsp3) is 0.391. The van der Waals surface area contributed by atoms with Crippen LogP contribution in [0.2, 0.25) is 0 Å². The van der Waals surface area contributed by atoms with Crippen LogP contribution in [0.5, 0.6) is 11.5 Å². The molecule has 1 aliphatic heterocycles. The Hall–Kier alpha value is -3.02. The third-order valence-electron chi connectivity index (χ3n) is 5.32. The Balaban J connectivity index is 2.06. The van der Waals surface area contributed by atoms with Gasteiger partial charge in [0.2, 0.25) is 0 Å². The average Bonchev–Trinajstić information content (AvgIpc) is 2.76. The smallest absolute Gasteiger partial charge is 0.410 e. The second-order valence-corrected chi connectivity index (χ2v) is 6.98. The van der Waals surface area contributed by atoms with E-state index in [1.165, 1.54) is 0 Å². The van der Waals surface area contributed by atoms with Gasteiger partial charge in [0, 0.05) is 12.5 Å². The van der Waals surface area contributed by atoms with Crippen molar-refractivity contribution in [2.24, 2.45) is 5.92 Å². The molecule has 0 saturated carbocycles. The van der Waals surface area contributed by atoms with Crippen LogP contribution in [0.3, 0.4) is 0 Å². The Morgan fingerprint density at radius 3 is 2.48 bits per heavy atom. The van der Waals surface area contributed by atoms with Crippen LogP contribution in [0.25, 0.3) is 0 Å². The summed E-state index contributed by atoms with van der Waals surface area (Å²) in [5.74, 6) is 0.797. The Labute approximate surface area is 171 Å². The highest BCUT2D eigenvalue weighted by Crippen LogP contribution is 2.41. The van der Waals surface area contributed by atoms with Crippen molar-refractivity contribution < 1.29 is 23.8 Å². The van der Waals surface area contributed by atoms with Gasteiger partial charge < -0.3 is 23.9 Å². The second-order valence-electron chi connectivity index (χ2n) is 6.98. The molecule has 2 aromatic rings. The van der Waals surface area contributed by atoms with E-state index in [2.05, 4.69) is 0 Å².